The predicted octanol–water partition coefficient (Wildman–Crippen LogP) is 1.87. The zero-order chi connectivity index (χ0) is 32.1. The van der Waals surface area contributed by atoms with Crippen molar-refractivity contribution in [1.82, 2.24) is 5.32 Å². The minimum Gasteiger partial charge on any atom is -0.379 e. The minimum absolute atomic E-state index is 0.0688. The molecule has 3 aliphatic heterocycles. The maximum absolute atomic E-state index is 13.7. The first-order valence-electron chi connectivity index (χ1n) is 15.3. The number of methoxy groups -OCH3 is 4. The molecule has 250 valence electrons. The quantitative estimate of drug-likeness (QED) is 0.297. The van der Waals surface area contributed by atoms with E-state index in [1.807, 2.05) is 25.1 Å². The normalized spacial score (nSPS) is 36.7. The number of carbonyl (C=O) groups is 1. The molecule has 0 unspecified atom stereocenters. The van der Waals surface area contributed by atoms with Gasteiger partial charge in [0.15, 0.2) is 0 Å². The van der Waals surface area contributed by atoms with Crippen LogP contribution in [-0.2, 0) is 42.7 Å². The van der Waals surface area contributed by atoms with Crippen LogP contribution in [-0.4, -0.2) is 123 Å². The fraction of sp³-hybridized carbons (Fsp3) is 0.781. The summed E-state index contributed by atoms with van der Waals surface area (Å²) >= 11 is 0.237. The number of hydrogen-bond acceptors (Lipinski definition) is 10. The molecule has 12 heteroatoms. The van der Waals surface area contributed by atoms with Crippen LogP contribution in [0.1, 0.15) is 40.5 Å². The average Bonchev–Trinajstić information content (AvgIpc) is 3.02. The van der Waals surface area contributed by atoms with E-state index in [-0.39, 0.29) is 58.0 Å². The van der Waals surface area contributed by atoms with Crippen molar-refractivity contribution in [2.45, 2.75) is 101 Å². The summed E-state index contributed by atoms with van der Waals surface area (Å²) in [5, 5.41) is 15.3. The van der Waals surface area contributed by atoms with Gasteiger partial charge in [-0.05, 0) is 0 Å². The molecule has 0 saturated carbocycles. The zero-order valence-corrected chi connectivity index (χ0v) is 28.9. The van der Waals surface area contributed by atoms with Crippen LogP contribution in [0.5, 0.6) is 0 Å². The van der Waals surface area contributed by atoms with Gasteiger partial charge in [-0.3, -0.25) is 0 Å². The maximum atomic E-state index is 13.7. The summed E-state index contributed by atoms with van der Waals surface area (Å²) in [4.78, 5) is 13.7. The first kappa shape index (κ1) is 35.7. The van der Waals surface area contributed by atoms with E-state index in [0.717, 1.165) is 5.32 Å². The van der Waals surface area contributed by atoms with Gasteiger partial charge in [0.05, 0.1) is 12.7 Å². The van der Waals surface area contributed by atoms with Crippen molar-refractivity contribution in [1.29, 1.82) is 0 Å². The van der Waals surface area contributed by atoms with Crippen molar-refractivity contribution in [3.8, 4) is 0 Å². The Morgan fingerprint density at radius 1 is 1.11 bits per heavy atom. The van der Waals surface area contributed by atoms with Crippen LogP contribution in [0.25, 0.3) is 0 Å². The van der Waals surface area contributed by atoms with Crippen molar-refractivity contribution in [2.75, 3.05) is 41.8 Å². The van der Waals surface area contributed by atoms with Crippen molar-refractivity contribution < 1.29 is 47.8 Å². The SMILES string of the molecule is COC[C@H](C[C@H]1O[C@H]2[C@H](OCO[C@H]2NC(=O)[C@@H](O)[C@@]2(OC)C[C@@H](C[Se]c3ccccc3)[C@@H](C)[C@@H](C)O2)[C@@H](OC)C1(C)C)OC. The third-order valence-electron chi connectivity index (χ3n) is 9.65. The summed E-state index contributed by atoms with van der Waals surface area (Å²) in [5.74, 6) is -1.75. The number of carbonyl (C=O) groups excluding carboxylic acids is 1. The Morgan fingerprint density at radius 2 is 1.84 bits per heavy atom. The summed E-state index contributed by atoms with van der Waals surface area (Å²) in [5.41, 5.74) is -0.453. The number of fused-ring (bicyclic) bond motifs is 1. The minimum atomic E-state index is -1.60. The second-order valence-electron chi connectivity index (χ2n) is 12.6. The Kier molecular flexibility index (Phi) is 12.7. The summed E-state index contributed by atoms with van der Waals surface area (Å²) in [6, 6.07) is 10.4. The molecule has 0 aromatic heterocycles. The van der Waals surface area contributed by atoms with Gasteiger partial charge in [-0.1, -0.05) is 13.8 Å². The summed E-state index contributed by atoms with van der Waals surface area (Å²) in [6.07, 6.45) is -3.92. The number of amides is 1. The number of benzene rings is 1. The van der Waals surface area contributed by atoms with Gasteiger partial charge >= 0.3 is 211 Å². The van der Waals surface area contributed by atoms with E-state index in [1.54, 1.807) is 21.3 Å². The van der Waals surface area contributed by atoms with Crippen molar-refractivity contribution in [3.05, 3.63) is 30.3 Å². The van der Waals surface area contributed by atoms with E-state index in [2.05, 4.69) is 38.2 Å². The number of ether oxygens (including phenoxy) is 8. The second-order valence-corrected chi connectivity index (χ2v) is 14.9. The van der Waals surface area contributed by atoms with Crippen LogP contribution in [0.2, 0.25) is 5.32 Å². The topological polar surface area (TPSA) is 123 Å². The van der Waals surface area contributed by atoms with Gasteiger partial charge in [0.25, 0.3) is 0 Å². The summed E-state index contributed by atoms with van der Waals surface area (Å²) in [6.45, 7) is 8.60. The van der Waals surface area contributed by atoms with Gasteiger partial charge in [0.1, 0.15) is 0 Å². The molecular weight excluding hydrogens is 637 g/mol. The first-order valence-corrected chi connectivity index (χ1v) is 17.4. The Labute approximate surface area is 268 Å². The van der Waals surface area contributed by atoms with Crippen LogP contribution in [0, 0.1) is 17.3 Å². The average molecular weight is 689 g/mol. The van der Waals surface area contributed by atoms with Gasteiger partial charge in [0.2, 0.25) is 0 Å². The molecule has 0 radical (unpaired) electrons. The molecule has 4 rings (SSSR count). The molecule has 1 aromatic rings. The monoisotopic (exact) mass is 689 g/mol. The van der Waals surface area contributed by atoms with Crippen molar-refractivity contribution >= 4 is 25.3 Å². The first-order chi connectivity index (χ1) is 21.0. The van der Waals surface area contributed by atoms with Crippen LogP contribution < -0.4 is 9.78 Å². The van der Waals surface area contributed by atoms with Gasteiger partial charge in [0, 0.05) is 21.3 Å². The van der Waals surface area contributed by atoms with Crippen molar-refractivity contribution in [2.24, 2.45) is 17.3 Å². The van der Waals surface area contributed by atoms with E-state index in [0.29, 0.717) is 19.4 Å². The second kappa shape index (κ2) is 15.6. The number of aliphatic hydroxyl groups is 1. The zero-order valence-electron chi connectivity index (χ0n) is 27.2. The van der Waals surface area contributed by atoms with Crippen LogP contribution in [0.3, 0.4) is 0 Å². The standard InChI is InChI=1S/C32H51NO10Se/c1-19-20(2)43-32(39-8,15-21(19)17-44-23-12-10-9-11-13-23)27(34)29(35)33-30-26-25(40-18-41-30)28(38-7)31(3,4)24(42-26)14-22(37-6)16-36-5/h9-13,19-22,24-28,30,34H,14-18H2,1-8H3,(H,33,35)/t19-,20+,21-,22-,24+,25-,26-,27+,28+,30+,32+/m0/s1. The van der Waals surface area contributed by atoms with E-state index < -0.39 is 41.6 Å². The van der Waals surface area contributed by atoms with E-state index >= 15 is 0 Å². The van der Waals surface area contributed by atoms with E-state index in [4.69, 9.17) is 37.9 Å². The van der Waals surface area contributed by atoms with E-state index in [9.17, 15) is 9.90 Å². The molecule has 44 heavy (non-hydrogen) atoms. The van der Waals surface area contributed by atoms with Crippen LogP contribution in [0.15, 0.2) is 30.3 Å². The molecule has 1 amide bonds. The van der Waals surface area contributed by atoms with Gasteiger partial charge < -0.3 is 9.47 Å². The molecule has 0 bridgehead atoms. The number of nitrogens with one attached hydrogen (secondary N) is 1. The predicted molar refractivity (Wildman–Crippen MR) is 163 cm³/mol. The van der Waals surface area contributed by atoms with Crippen molar-refractivity contribution in [3.63, 3.8) is 0 Å². The molecule has 3 saturated heterocycles. The number of aliphatic hydroxyl groups excluding tert-OH is 1. The summed E-state index contributed by atoms with van der Waals surface area (Å²) in [7, 11) is 6.39. The molecule has 3 aliphatic rings. The molecule has 3 fully saturated rings. The Hall–Kier alpha value is -1.15. The number of hydrogen-bond donors (Lipinski definition) is 2. The van der Waals surface area contributed by atoms with Crippen LogP contribution >= 0.6 is 0 Å². The fourth-order valence-electron chi connectivity index (χ4n) is 6.68. The molecule has 2 N–H and O–H groups in total. The third-order valence-corrected chi connectivity index (χ3v) is 12.2. The summed E-state index contributed by atoms with van der Waals surface area (Å²) < 4.78 is 48.8. The third kappa shape index (κ3) is 7.69. The molecule has 11 nitrogen and oxygen atoms in total. The molecule has 0 aliphatic carbocycles. The molecule has 3 heterocycles. The van der Waals surface area contributed by atoms with Gasteiger partial charge in [-0.25, -0.2) is 0 Å². The smallest absolute Gasteiger partial charge is 0.379 e. The van der Waals surface area contributed by atoms with Crippen LogP contribution in [0.4, 0.5) is 0 Å². The Bertz CT molecular complexity index is 1050. The van der Waals surface area contributed by atoms with Gasteiger partial charge in [-0.15, -0.1) is 0 Å². The Balaban J connectivity index is 1.49. The molecular formula is C32H51NO10Se. The fourth-order valence-corrected chi connectivity index (χ4v) is 9.16. The van der Waals surface area contributed by atoms with Gasteiger partial charge in [-0.2, -0.15) is 0 Å². The Morgan fingerprint density at radius 3 is 2.48 bits per heavy atom. The molecule has 0 spiro atoms. The number of rotatable bonds is 13. The molecule has 11 atom stereocenters. The van der Waals surface area contributed by atoms with E-state index in [1.165, 1.54) is 11.6 Å². The molecule has 1 aromatic carbocycles.